The molecule has 2 aromatic carbocycles. The minimum atomic E-state index is -0.942. The van der Waals surface area contributed by atoms with E-state index in [0.29, 0.717) is 36.4 Å². The largest absolute Gasteiger partial charge is 0.489 e. The minimum Gasteiger partial charge on any atom is -0.489 e. The molecule has 1 saturated carbocycles. The number of rotatable bonds is 4. The third-order valence-corrected chi connectivity index (χ3v) is 6.46. The number of anilines is 1. The number of nitrogens with zero attached hydrogens (tertiary/aromatic N) is 4. The van der Waals surface area contributed by atoms with Gasteiger partial charge < -0.3 is 20.1 Å². The summed E-state index contributed by atoms with van der Waals surface area (Å²) in [6.07, 6.45) is 4.77. The Morgan fingerprint density at radius 1 is 1.22 bits per heavy atom. The molecule has 9 heteroatoms. The summed E-state index contributed by atoms with van der Waals surface area (Å²) in [5, 5.41) is 17.4. The van der Waals surface area contributed by atoms with Crippen molar-refractivity contribution in [3.05, 3.63) is 71.8 Å². The van der Waals surface area contributed by atoms with Crippen LogP contribution in [-0.2, 0) is 11.3 Å². The van der Waals surface area contributed by atoms with E-state index in [1.807, 2.05) is 30.3 Å². The standard InChI is InChI=1S/C27H27N5O4/c1-31-22-15-19(11-14-27(35)12-5-6-13-27)9-10-23(22)36-17-21(26(31)34)29-25(33)24-28-18-32(30-24)16-20-7-3-2-4-8-20/h2-4,7-10,15,18,21,35H,5-6,12-13,16-17H2,1H3,(H,29,33)/t21-/m1/s1. The van der Waals surface area contributed by atoms with Crippen molar-refractivity contribution < 1.29 is 19.4 Å². The Balaban J connectivity index is 1.27. The van der Waals surface area contributed by atoms with E-state index >= 15 is 0 Å². The van der Waals surface area contributed by atoms with Crippen molar-refractivity contribution in [2.75, 3.05) is 18.6 Å². The second-order valence-electron chi connectivity index (χ2n) is 9.16. The van der Waals surface area contributed by atoms with Crippen molar-refractivity contribution >= 4 is 17.5 Å². The highest BCUT2D eigenvalue weighted by atomic mass is 16.5. The van der Waals surface area contributed by atoms with E-state index in [2.05, 4.69) is 27.2 Å². The lowest BCUT2D eigenvalue weighted by molar-refractivity contribution is -0.120. The molecule has 0 bridgehead atoms. The van der Waals surface area contributed by atoms with Gasteiger partial charge in [-0.15, -0.1) is 5.10 Å². The average molecular weight is 486 g/mol. The van der Waals surface area contributed by atoms with E-state index in [1.165, 1.54) is 11.2 Å². The van der Waals surface area contributed by atoms with Gasteiger partial charge in [0.25, 0.3) is 11.8 Å². The summed E-state index contributed by atoms with van der Waals surface area (Å²) in [5.74, 6) is 5.62. The topological polar surface area (TPSA) is 110 Å². The van der Waals surface area contributed by atoms with Crippen LogP contribution in [0.1, 0.15) is 47.4 Å². The van der Waals surface area contributed by atoms with Gasteiger partial charge in [-0.05, 0) is 49.4 Å². The number of hydrogen-bond acceptors (Lipinski definition) is 6. The highest BCUT2D eigenvalue weighted by Crippen LogP contribution is 2.32. The molecule has 1 aliphatic heterocycles. The number of aromatic nitrogens is 3. The van der Waals surface area contributed by atoms with Gasteiger partial charge in [-0.3, -0.25) is 9.59 Å². The molecule has 1 fully saturated rings. The molecule has 1 atom stereocenters. The SMILES string of the molecule is CN1C(=O)[C@H](NC(=O)c2ncn(Cc3ccccc3)n2)COc2ccc(C#CC3(O)CCCC3)cc21. The summed E-state index contributed by atoms with van der Waals surface area (Å²) in [7, 11) is 1.63. The fraction of sp³-hybridized carbons (Fsp3) is 0.333. The summed E-state index contributed by atoms with van der Waals surface area (Å²) >= 11 is 0. The first kappa shape index (κ1) is 23.6. The molecule has 2 heterocycles. The Labute approximate surface area is 209 Å². The van der Waals surface area contributed by atoms with Crippen LogP contribution in [0.5, 0.6) is 5.75 Å². The third-order valence-electron chi connectivity index (χ3n) is 6.46. The third kappa shape index (κ3) is 5.09. The molecule has 9 nitrogen and oxygen atoms in total. The average Bonchev–Trinajstić information content (AvgIpc) is 3.52. The summed E-state index contributed by atoms with van der Waals surface area (Å²) in [6, 6.07) is 14.1. The number of carbonyl (C=O) groups excluding carboxylic acids is 2. The summed E-state index contributed by atoms with van der Waals surface area (Å²) < 4.78 is 7.43. The van der Waals surface area contributed by atoms with Gasteiger partial charge in [0.2, 0.25) is 5.82 Å². The molecular formula is C27H27N5O4. The van der Waals surface area contributed by atoms with Crippen molar-refractivity contribution in [1.82, 2.24) is 20.1 Å². The zero-order valence-corrected chi connectivity index (χ0v) is 20.0. The van der Waals surface area contributed by atoms with Crippen molar-refractivity contribution in [2.45, 2.75) is 43.9 Å². The Hall–Kier alpha value is -4.16. The lowest BCUT2D eigenvalue weighted by atomic mass is 10.0. The number of amides is 2. The molecule has 36 heavy (non-hydrogen) atoms. The number of fused-ring (bicyclic) bond motifs is 1. The first-order valence-corrected chi connectivity index (χ1v) is 11.9. The Kier molecular flexibility index (Phi) is 6.44. The quantitative estimate of drug-likeness (QED) is 0.548. The molecule has 1 aliphatic carbocycles. The molecule has 0 unspecified atom stereocenters. The second-order valence-corrected chi connectivity index (χ2v) is 9.16. The highest BCUT2D eigenvalue weighted by Gasteiger charge is 2.32. The van der Waals surface area contributed by atoms with Crippen LogP contribution in [0.15, 0.2) is 54.9 Å². The molecule has 1 aromatic heterocycles. The maximum absolute atomic E-state index is 13.2. The number of ether oxygens (including phenoxy) is 1. The molecule has 184 valence electrons. The summed E-state index contributed by atoms with van der Waals surface area (Å²) in [4.78, 5) is 31.5. The van der Waals surface area contributed by atoms with E-state index in [4.69, 9.17) is 4.74 Å². The molecule has 2 N–H and O–H groups in total. The predicted molar refractivity (Wildman–Crippen MR) is 132 cm³/mol. The highest BCUT2D eigenvalue weighted by molar-refractivity contribution is 6.02. The summed E-state index contributed by atoms with van der Waals surface area (Å²) in [5.41, 5.74) is 1.31. The van der Waals surface area contributed by atoms with E-state index in [0.717, 1.165) is 18.4 Å². The van der Waals surface area contributed by atoms with Crippen molar-refractivity contribution in [3.63, 3.8) is 0 Å². The van der Waals surface area contributed by atoms with E-state index in [1.54, 1.807) is 29.9 Å². The Bertz CT molecular complexity index is 1330. The fourth-order valence-corrected chi connectivity index (χ4v) is 4.42. The maximum atomic E-state index is 13.2. The van der Waals surface area contributed by atoms with E-state index in [9.17, 15) is 14.7 Å². The lowest BCUT2D eigenvalue weighted by Crippen LogP contribution is -2.49. The van der Waals surface area contributed by atoms with Crippen LogP contribution in [0.2, 0.25) is 0 Å². The van der Waals surface area contributed by atoms with Crippen molar-refractivity contribution in [3.8, 4) is 17.6 Å². The first-order chi connectivity index (χ1) is 17.4. The number of nitrogens with one attached hydrogen (secondary N) is 1. The van der Waals surface area contributed by atoms with Gasteiger partial charge in [-0.1, -0.05) is 42.2 Å². The monoisotopic (exact) mass is 485 g/mol. The molecular weight excluding hydrogens is 458 g/mol. The number of aliphatic hydroxyl groups is 1. The van der Waals surface area contributed by atoms with Gasteiger partial charge in [0.05, 0.1) is 12.2 Å². The Morgan fingerprint density at radius 2 is 2.00 bits per heavy atom. The van der Waals surface area contributed by atoms with Gasteiger partial charge in [0.15, 0.2) is 0 Å². The first-order valence-electron chi connectivity index (χ1n) is 11.9. The van der Waals surface area contributed by atoms with Crippen molar-refractivity contribution in [1.29, 1.82) is 0 Å². The zero-order valence-electron chi connectivity index (χ0n) is 20.0. The van der Waals surface area contributed by atoms with Crippen LogP contribution in [-0.4, -0.2) is 57.0 Å². The molecule has 5 rings (SSSR count). The molecule has 0 saturated heterocycles. The molecule has 2 amide bonds. The molecule has 2 aliphatic rings. The minimum absolute atomic E-state index is 0.0226. The van der Waals surface area contributed by atoms with Gasteiger partial charge >= 0.3 is 0 Å². The maximum Gasteiger partial charge on any atom is 0.291 e. The van der Waals surface area contributed by atoms with Crippen LogP contribution >= 0.6 is 0 Å². The van der Waals surface area contributed by atoms with Gasteiger partial charge in [-0.2, -0.15) is 0 Å². The second kappa shape index (κ2) is 9.84. The van der Waals surface area contributed by atoms with Crippen molar-refractivity contribution in [2.24, 2.45) is 0 Å². The molecule has 0 spiro atoms. The summed E-state index contributed by atoms with van der Waals surface area (Å²) in [6.45, 7) is 0.449. The lowest BCUT2D eigenvalue weighted by Gasteiger charge is -2.20. The van der Waals surface area contributed by atoms with Gasteiger partial charge in [0.1, 0.15) is 30.3 Å². The zero-order chi connectivity index (χ0) is 25.1. The number of likely N-dealkylation sites (N-methyl/N-ethyl adjacent to an activating group) is 1. The van der Waals surface area contributed by atoms with E-state index < -0.39 is 17.6 Å². The van der Waals surface area contributed by atoms with Gasteiger partial charge in [0, 0.05) is 12.6 Å². The van der Waals surface area contributed by atoms with Crippen LogP contribution in [0.4, 0.5) is 5.69 Å². The normalized spacial score (nSPS) is 18.4. The molecule has 0 radical (unpaired) electrons. The number of benzene rings is 2. The Morgan fingerprint density at radius 3 is 2.78 bits per heavy atom. The van der Waals surface area contributed by atoms with Crippen LogP contribution in [0, 0.1) is 11.8 Å². The number of carbonyl (C=O) groups is 2. The van der Waals surface area contributed by atoms with Crippen LogP contribution in [0.3, 0.4) is 0 Å². The van der Waals surface area contributed by atoms with Crippen LogP contribution in [0.25, 0.3) is 0 Å². The predicted octanol–water partition coefficient (Wildman–Crippen LogP) is 2.14. The smallest absolute Gasteiger partial charge is 0.291 e. The number of hydrogen-bond donors (Lipinski definition) is 2. The fourth-order valence-electron chi connectivity index (χ4n) is 4.42. The van der Waals surface area contributed by atoms with Gasteiger partial charge in [-0.25, -0.2) is 9.67 Å². The van der Waals surface area contributed by atoms with E-state index in [-0.39, 0.29) is 18.3 Å². The van der Waals surface area contributed by atoms with Crippen LogP contribution < -0.4 is 15.0 Å². The molecule has 3 aromatic rings.